The van der Waals surface area contributed by atoms with Crippen LogP contribution in [0.3, 0.4) is 0 Å². The van der Waals surface area contributed by atoms with Gasteiger partial charge in [-0.05, 0) is 18.6 Å². The third-order valence-electron chi connectivity index (χ3n) is 3.33. The maximum Gasteiger partial charge on any atom is 0.121 e. The van der Waals surface area contributed by atoms with E-state index in [2.05, 4.69) is 33.1 Å². The zero-order valence-electron chi connectivity index (χ0n) is 10.1. The maximum absolute atomic E-state index is 10.1. The number of halogens is 1. The molecule has 17 heavy (non-hydrogen) atoms. The first-order valence-corrected chi connectivity index (χ1v) is 6.95. The molecule has 0 radical (unpaired) electrons. The van der Waals surface area contributed by atoms with Crippen LogP contribution in [0.5, 0.6) is 5.75 Å². The number of rotatable bonds is 3. The highest BCUT2D eigenvalue weighted by atomic mass is 79.9. The Balaban J connectivity index is 2.21. The van der Waals surface area contributed by atoms with Crippen LogP contribution >= 0.6 is 15.9 Å². The summed E-state index contributed by atoms with van der Waals surface area (Å²) in [6.45, 7) is 6.35. The molecule has 0 bridgehead atoms. The van der Waals surface area contributed by atoms with Crippen LogP contribution in [-0.4, -0.2) is 36.2 Å². The largest absolute Gasteiger partial charge is 0.508 e. The molecule has 4 heteroatoms. The highest BCUT2D eigenvalue weighted by molar-refractivity contribution is 9.10. The second-order valence-corrected chi connectivity index (χ2v) is 5.33. The van der Waals surface area contributed by atoms with Gasteiger partial charge in [-0.2, -0.15) is 0 Å². The quantitative estimate of drug-likeness (QED) is 0.900. The molecule has 3 nitrogen and oxygen atoms in total. The summed E-state index contributed by atoms with van der Waals surface area (Å²) in [6.07, 6.45) is 1.02. The van der Waals surface area contributed by atoms with E-state index in [-0.39, 0.29) is 0 Å². The van der Waals surface area contributed by atoms with Crippen LogP contribution in [0, 0.1) is 0 Å². The summed E-state index contributed by atoms with van der Waals surface area (Å²) >= 11 is 3.38. The molecule has 1 heterocycles. The lowest BCUT2D eigenvalue weighted by atomic mass is 10.0. The van der Waals surface area contributed by atoms with E-state index >= 15 is 0 Å². The SMILES string of the molecule is CC[C@H](c1ccc(Br)cc1O)N1CCNCC1. The normalized spacial score (nSPS) is 19.2. The fourth-order valence-corrected chi connectivity index (χ4v) is 2.82. The molecule has 1 aliphatic heterocycles. The van der Waals surface area contributed by atoms with Crippen molar-refractivity contribution in [2.75, 3.05) is 26.2 Å². The fraction of sp³-hybridized carbons (Fsp3) is 0.538. The van der Waals surface area contributed by atoms with Gasteiger partial charge in [0.1, 0.15) is 5.75 Å². The lowest BCUT2D eigenvalue weighted by molar-refractivity contribution is 0.167. The van der Waals surface area contributed by atoms with Crippen LogP contribution in [0.2, 0.25) is 0 Å². The van der Waals surface area contributed by atoms with E-state index in [1.165, 1.54) is 0 Å². The van der Waals surface area contributed by atoms with Gasteiger partial charge in [0, 0.05) is 42.3 Å². The summed E-state index contributed by atoms with van der Waals surface area (Å²) in [5, 5.41) is 13.4. The van der Waals surface area contributed by atoms with Gasteiger partial charge in [-0.1, -0.05) is 28.9 Å². The van der Waals surface area contributed by atoms with E-state index < -0.39 is 0 Å². The minimum atomic E-state index is 0.324. The van der Waals surface area contributed by atoms with E-state index in [1.807, 2.05) is 12.1 Å². The molecule has 2 rings (SSSR count). The van der Waals surface area contributed by atoms with Crippen LogP contribution in [0.1, 0.15) is 24.9 Å². The summed E-state index contributed by atoms with van der Waals surface area (Å²) < 4.78 is 0.925. The third-order valence-corrected chi connectivity index (χ3v) is 3.82. The molecule has 2 N–H and O–H groups in total. The van der Waals surface area contributed by atoms with Crippen LogP contribution < -0.4 is 5.32 Å². The first-order valence-electron chi connectivity index (χ1n) is 6.15. The summed E-state index contributed by atoms with van der Waals surface area (Å²) in [5.41, 5.74) is 1.04. The van der Waals surface area contributed by atoms with Crippen molar-refractivity contribution in [3.63, 3.8) is 0 Å². The highest BCUT2D eigenvalue weighted by Gasteiger charge is 2.22. The number of nitrogens with zero attached hydrogens (tertiary/aromatic N) is 1. The van der Waals surface area contributed by atoms with E-state index in [0.717, 1.165) is 42.6 Å². The molecule has 1 saturated heterocycles. The van der Waals surface area contributed by atoms with E-state index in [0.29, 0.717) is 11.8 Å². The van der Waals surface area contributed by atoms with Crippen molar-refractivity contribution < 1.29 is 5.11 Å². The van der Waals surface area contributed by atoms with Gasteiger partial charge in [0.05, 0.1) is 0 Å². The molecule has 0 aromatic heterocycles. The zero-order valence-corrected chi connectivity index (χ0v) is 11.7. The second kappa shape index (κ2) is 5.85. The number of phenolic OH excluding ortho intramolecular Hbond substituents is 1. The van der Waals surface area contributed by atoms with E-state index in [1.54, 1.807) is 6.07 Å². The van der Waals surface area contributed by atoms with Gasteiger partial charge in [-0.3, -0.25) is 4.90 Å². The van der Waals surface area contributed by atoms with Crippen LogP contribution in [-0.2, 0) is 0 Å². The molecular weight excluding hydrogens is 280 g/mol. The van der Waals surface area contributed by atoms with Crippen LogP contribution in [0.25, 0.3) is 0 Å². The Bertz CT molecular complexity index is 378. The molecule has 1 atom stereocenters. The first-order chi connectivity index (χ1) is 8.22. The van der Waals surface area contributed by atoms with Crippen molar-refractivity contribution in [1.82, 2.24) is 10.2 Å². The van der Waals surface area contributed by atoms with Gasteiger partial charge in [0.2, 0.25) is 0 Å². The summed E-state index contributed by atoms with van der Waals surface area (Å²) in [4.78, 5) is 2.44. The Morgan fingerprint density at radius 3 is 2.71 bits per heavy atom. The zero-order chi connectivity index (χ0) is 12.3. The number of phenols is 1. The minimum absolute atomic E-state index is 0.324. The van der Waals surface area contributed by atoms with E-state index in [9.17, 15) is 5.11 Å². The number of aromatic hydroxyl groups is 1. The molecule has 0 amide bonds. The molecule has 0 spiro atoms. The van der Waals surface area contributed by atoms with Crippen molar-refractivity contribution >= 4 is 15.9 Å². The molecular formula is C13H19BrN2O. The highest BCUT2D eigenvalue weighted by Crippen LogP contribution is 2.33. The number of hydrogen-bond acceptors (Lipinski definition) is 3. The lowest BCUT2D eigenvalue weighted by Gasteiger charge is -2.35. The Hall–Kier alpha value is -0.580. The Labute approximate surface area is 111 Å². The molecule has 1 aromatic carbocycles. The molecule has 1 fully saturated rings. The van der Waals surface area contributed by atoms with Crippen molar-refractivity contribution in [2.45, 2.75) is 19.4 Å². The molecule has 0 unspecified atom stereocenters. The maximum atomic E-state index is 10.1. The van der Waals surface area contributed by atoms with Crippen LogP contribution in [0.15, 0.2) is 22.7 Å². The average Bonchev–Trinajstić information content (AvgIpc) is 2.34. The predicted octanol–water partition coefficient (Wildman–Crippen LogP) is 2.51. The van der Waals surface area contributed by atoms with Crippen molar-refractivity contribution in [3.8, 4) is 5.75 Å². The van der Waals surface area contributed by atoms with Gasteiger partial charge in [0.25, 0.3) is 0 Å². The Morgan fingerprint density at radius 1 is 1.41 bits per heavy atom. The summed E-state index contributed by atoms with van der Waals surface area (Å²) in [6, 6.07) is 6.13. The Kier molecular flexibility index (Phi) is 4.42. The molecule has 0 saturated carbocycles. The van der Waals surface area contributed by atoms with Gasteiger partial charge in [-0.25, -0.2) is 0 Å². The van der Waals surface area contributed by atoms with Gasteiger partial charge in [-0.15, -0.1) is 0 Å². The molecule has 1 aromatic rings. The van der Waals surface area contributed by atoms with Gasteiger partial charge >= 0.3 is 0 Å². The standard InChI is InChI=1S/C13H19BrN2O/c1-2-12(16-7-5-15-6-8-16)11-4-3-10(14)9-13(11)17/h3-4,9,12,15,17H,2,5-8H2,1H3/t12-/m1/s1. The monoisotopic (exact) mass is 298 g/mol. The van der Waals surface area contributed by atoms with Gasteiger partial charge in [0.15, 0.2) is 0 Å². The Morgan fingerprint density at radius 2 is 2.12 bits per heavy atom. The third kappa shape index (κ3) is 3.00. The predicted molar refractivity (Wildman–Crippen MR) is 73.3 cm³/mol. The fourth-order valence-electron chi connectivity index (χ4n) is 2.47. The minimum Gasteiger partial charge on any atom is -0.508 e. The number of nitrogens with one attached hydrogen (secondary N) is 1. The number of hydrogen-bond donors (Lipinski definition) is 2. The summed E-state index contributed by atoms with van der Waals surface area (Å²) in [7, 11) is 0. The average molecular weight is 299 g/mol. The summed E-state index contributed by atoms with van der Waals surface area (Å²) in [5.74, 6) is 0.393. The number of benzene rings is 1. The van der Waals surface area contributed by atoms with Crippen molar-refractivity contribution in [3.05, 3.63) is 28.2 Å². The lowest BCUT2D eigenvalue weighted by Crippen LogP contribution is -2.45. The van der Waals surface area contributed by atoms with Crippen molar-refractivity contribution in [1.29, 1.82) is 0 Å². The topological polar surface area (TPSA) is 35.5 Å². The molecule has 94 valence electrons. The molecule has 1 aliphatic rings. The second-order valence-electron chi connectivity index (χ2n) is 4.41. The van der Waals surface area contributed by atoms with E-state index in [4.69, 9.17) is 0 Å². The molecule has 0 aliphatic carbocycles. The van der Waals surface area contributed by atoms with Crippen molar-refractivity contribution in [2.24, 2.45) is 0 Å². The first kappa shape index (κ1) is 12.9. The van der Waals surface area contributed by atoms with Crippen LogP contribution in [0.4, 0.5) is 0 Å². The van der Waals surface area contributed by atoms with Gasteiger partial charge < -0.3 is 10.4 Å². The smallest absolute Gasteiger partial charge is 0.121 e. The number of piperazine rings is 1.